The van der Waals surface area contributed by atoms with Gasteiger partial charge in [-0.1, -0.05) is 30.7 Å². The van der Waals surface area contributed by atoms with Crippen molar-refractivity contribution in [3.8, 4) is 0 Å². The number of allylic oxidation sites excluding steroid dienone is 1. The zero-order valence-corrected chi connectivity index (χ0v) is 15.9. The lowest BCUT2D eigenvalue weighted by Crippen LogP contribution is -2.07. The maximum atomic E-state index is 13.8. The number of aldehydes is 1. The van der Waals surface area contributed by atoms with E-state index in [2.05, 4.69) is 11.5 Å². The number of rotatable bonds is 6. The smallest absolute Gasteiger partial charge is 0.152 e. The van der Waals surface area contributed by atoms with Crippen molar-refractivity contribution in [1.29, 1.82) is 0 Å². The maximum Gasteiger partial charge on any atom is 0.152 e. The Morgan fingerprint density at radius 1 is 1.35 bits per heavy atom. The van der Waals surface area contributed by atoms with Crippen LogP contribution in [0.2, 0.25) is 0 Å². The third-order valence-electron chi connectivity index (χ3n) is 5.43. The van der Waals surface area contributed by atoms with Crippen LogP contribution in [0.1, 0.15) is 46.2 Å². The molecule has 2 atom stereocenters. The molecule has 5 heteroatoms. The lowest BCUT2D eigenvalue weighted by atomic mass is 10.1. The molecule has 0 bridgehead atoms. The van der Waals surface area contributed by atoms with Gasteiger partial charge in [-0.15, -0.1) is 0 Å². The van der Waals surface area contributed by atoms with Gasteiger partial charge in [-0.25, -0.2) is 8.78 Å². The van der Waals surface area contributed by atoms with Gasteiger partial charge < -0.3 is 4.57 Å². The molecule has 0 aliphatic heterocycles. The second kappa shape index (κ2) is 7.36. The lowest BCUT2D eigenvalue weighted by molar-refractivity contribution is 0.112. The van der Waals surface area contributed by atoms with Gasteiger partial charge in [0.15, 0.2) is 6.29 Å². The van der Waals surface area contributed by atoms with Crippen LogP contribution in [-0.2, 0) is 13.0 Å². The van der Waals surface area contributed by atoms with Gasteiger partial charge in [-0.05, 0) is 55.7 Å². The molecule has 2 aromatic rings. The molecule has 0 N–H and O–H groups in total. The first kappa shape index (κ1) is 18.8. The van der Waals surface area contributed by atoms with Crippen LogP contribution in [0.4, 0.5) is 8.78 Å². The van der Waals surface area contributed by atoms with Crippen molar-refractivity contribution in [1.82, 2.24) is 4.57 Å². The number of carbonyl (C=O) groups excluding carboxylic acids is 1. The summed E-state index contributed by atoms with van der Waals surface area (Å²) in [5, 5.41) is 0.417. The number of benzene rings is 1. The van der Waals surface area contributed by atoms with Crippen LogP contribution < -0.4 is 0 Å². The zero-order chi connectivity index (χ0) is 19.0. The Morgan fingerprint density at radius 3 is 2.62 bits per heavy atom. The van der Waals surface area contributed by atoms with Crippen LogP contribution in [0, 0.1) is 37.3 Å². The number of hydrogen-bond acceptors (Lipinski definition) is 1. The van der Waals surface area contributed by atoms with Crippen LogP contribution in [-0.4, -0.2) is 10.9 Å². The Bertz CT molecular complexity index is 885. The highest BCUT2D eigenvalue weighted by atomic mass is 35.5. The number of halogens is 3. The zero-order valence-electron chi connectivity index (χ0n) is 15.2. The summed E-state index contributed by atoms with van der Waals surface area (Å²) in [4.78, 5) is 11.6. The summed E-state index contributed by atoms with van der Waals surface area (Å²) >= 11 is 6.54. The molecule has 0 spiro atoms. The van der Waals surface area contributed by atoms with E-state index in [1.54, 1.807) is 6.08 Å². The van der Waals surface area contributed by atoms with Crippen molar-refractivity contribution in [2.45, 2.75) is 40.2 Å². The van der Waals surface area contributed by atoms with E-state index < -0.39 is 11.6 Å². The molecular weight excluding hydrogens is 356 g/mol. The molecule has 1 aliphatic rings. The summed E-state index contributed by atoms with van der Waals surface area (Å²) < 4.78 is 29.0. The Morgan fingerprint density at radius 2 is 2.04 bits per heavy atom. The monoisotopic (exact) mass is 377 g/mol. The summed E-state index contributed by atoms with van der Waals surface area (Å²) in [6, 6.07) is 3.50. The SMILES string of the molecule is Cc1c(C=O)c(/C(Cl)=C\Cc2ccc(F)cc2F)n(CC2CC2C)c1C. The second-order valence-electron chi connectivity index (χ2n) is 7.17. The molecule has 1 aromatic carbocycles. The summed E-state index contributed by atoms with van der Waals surface area (Å²) in [5.41, 5.74) is 3.58. The van der Waals surface area contributed by atoms with Crippen molar-refractivity contribution < 1.29 is 13.6 Å². The number of hydrogen-bond donors (Lipinski definition) is 0. The van der Waals surface area contributed by atoms with Crippen molar-refractivity contribution in [3.63, 3.8) is 0 Å². The number of nitrogens with zero attached hydrogens (tertiary/aromatic N) is 1. The lowest BCUT2D eigenvalue weighted by Gasteiger charge is -2.12. The molecule has 1 fully saturated rings. The number of aromatic nitrogens is 1. The van der Waals surface area contributed by atoms with Gasteiger partial charge in [0.1, 0.15) is 11.6 Å². The molecule has 0 radical (unpaired) electrons. The van der Waals surface area contributed by atoms with Crippen LogP contribution in [0.25, 0.3) is 5.03 Å². The highest BCUT2D eigenvalue weighted by Crippen LogP contribution is 2.41. The maximum absolute atomic E-state index is 13.8. The topological polar surface area (TPSA) is 22.0 Å². The van der Waals surface area contributed by atoms with Crippen molar-refractivity contribution in [2.24, 2.45) is 11.8 Å². The Hall–Kier alpha value is -1.94. The van der Waals surface area contributed by atoms with Crippen LogP contribution in [0.15, 0.2) is 24.3 Å². The minimum absolute atomic E-state index is 0.229. The van der Waals surface area contributed by atoms with Crippen LogP contribution in [0.3, 0.4) is 0 Å². The first-order chi connectivity index (χ1) is 12.3. The third-order valence-corrected chi connectivity index (χ3v) is 5.76. The van der Waals surface area contributed by atoms with Gasteiger partial charge in [-0.2, -0.15) is 0 Å². The molecule has 1 heterocycles. The van der Waals surface area contributed by atoms with Crippen molar-refractivity contribution in [2.75, 3.05) is 0 Å². The predicted octanol–water partition coefficient (Wildman–Crippen LogP) is 5.67. The number of carbonyl (C=O) groups is 1. The van der Waals surface area contributed by atoms with Crippen molar-refractivity contribution >= 4 is 22.9 Å². The van der Waals surface area contributed by atoms with Gasteiger partial charge in [0.25, 0.3) is 0 Å². The first-order valence-corrected chi connectivity index (χ1v) is 9.16. The normalized spacial score (nSPS) is 19.7. The van der Waals surface area contributed by atoms with Gasteiger partial charge in [0.05, 0.1) is 10.7 Å². The predicted molar refractivity (Wildman–Crippen MR) is 100 cm³/mol. The summed E-state index contributed by atoms with van der Waals surface area (Å²) in [6.07, 6.45) is 3.92. The molecule has 1 aliphatic carbocycles. The average Bonchev–Trinajstić information content (AvgIpc) is 3.24. The van der Waals surface area contributed by atoms with E-state index in [0.29, 0.717) is 33.7 Å². The van der Waals surface area contributed by atoms with E-state index in [1.807, 2.05) is 13.8 Å². The Labute approximate surface area is 157 Å². The minimum Gasteiger partial charge on any atom is -0.343 e. The summed E-state index contributed by atoms with van der Waals surface area (Å²) in [6.45, 7) is 6.94. The molecule has 0 saturated heterocycles. The van der Waals surface area contributed by atoms with E-state index in [4.69, 9.17) is 11.6 Å². The average molecular weight is 378 g/mol. The fourth-order valence-corrected chi connectivity index (χ4v) is 3.67. The quantitative estimate of drug-likeness (QED) is 0.594. The highest BCUT2D eigenvalue weighted by molar-refractivity contribution is 6.49. The Balaban J connectivity index is 1.95. The minimum atomic E-state index is -0.608. The van der Waals surface area contributed by atoms with Gasteiger partial charge >= 0.3 is 0 Å². The molecule has 2 nitrogen and oxygen atoms in total. The Kier molecular flexibility index (Phi) is 5.33. The van der Waals surface area contributed by atoms with Gasteiger partial charge in [0.2, 0.25) is 0 Å². The van der Waals surface area contributed by atoms with Gasteiger partial charge in [0, 0.05) is 23.9 Å². The third kappa shape index (κ3) is 3.61. The molecule has 2 unspecified atom stereocenters. The van der Waals surface area contributed by atoms with E-state index >= 15 is 0 Å². The second-order valence-corrected chi connectivity index (χ2v) is 7.57. The standard InChI is InChI=1S/C21H22ClF2NO/c1-12-8-16(12)10-25-14(3)13(2)18(11-26)21(25)19(22)7-5-15-4-6-17(23)9-20(15)24/h4,6-7,9,11-12,16H,5,8,10H2,1-3H3/b19-7+. The fraction of sp³-hybridized carbons (Fsp3) is 0.381. The molecule has 1 aromatic heterocycles. The first-order valence-electron chi connectivity index (χ1n) is 8.78. The van der Waals surface area contributed by atoms with Gasteiger partial charge in [-0.3, -0.25) is 4.79 Å². The van der Waals surface area contributed by atoms with Crippen LogP contribution in [0.5, 0.6) is 0 Å². The molecule has 1 saturated carbocycles. The molecule has 0 amide bonds. The molecule has 138 valence electrons. The summed E-state index contributed by atoms with van der Waals surface area (Å²) in [5.74, 6) is 0.0672. The molecular formula is C21H22ClF2NO. The van der Waals surface area contributed by atoms with E-state index in [-0.39, 0.29) is 6.42 Å². The summed E-state index contributed by atoms with van der Waals surface area (Å²) in [7, 11) is 0. The van der Waals surface area contributed by atoms with Crippen molar-refractivity contribution in [3.05, 3.63) is 64.0 Å². The van der Waals surface area contributed by atoms with Crippen LogP contribution >= 0.6 is 11.6 Å². The fourth-order valence-electron chi connectivity index (χ4n) is 3.39. The highest BCUT2D eigenvalue weighted by Gasteiger charge is 2.34. The molecule has 26 heavy (non-hydrogen) atoms. The van der Waals surface area contributed by atoms with E-state index in [9.17, 15) is 13.6 Å². The molecule has 3 rings (SSSR count). The largest absolute Gasteiger partial charge is 0.343 e. The van der Waals surface area contributed by atoms with E-state index in [1.165, 1.54) is 18.6 Å². The van der Waals surface area contributed by atoms with E-state index in [0.717, 1.165) is 30.2 Å².